The van der Waals surface area contributed by atoms with E-state index in [4.69, 9.17) is 21.8 Å². The van der Waals surface area contributed by atoms with Crippen LogP contribution in [-0.4, -0.2) is 0 Å². The van der Waals surface area contributed by atoms with Crippen LogP contribution in [0, 0.1) is 0 Å². The summed E-state index contributed by atoms with van der Waals surface area (Å²) in [6, 6.07) is 9.10. The minimum atomic E-state index is 0.552. The average Bonchev–Trinajstić information content (AvgIpc) is 2.57. The van der Waals surface area contributed by atoms with E-state index in [1.54, 1.807) is 12.1 Å². The van der Waals surface area contributed by atoms with E-state index in [9.17, 15) is 0 Å². The van der Waals surface area contributed by atoms with Gasteiger partial charge >= 0.3 is 0 Å². The number of hydrogen-bond donors (Lipinski definition) is 1. The molecule has 0 amide bonds. The molecule has 2 N–H and O–H groups in total. The Labute approximate surface area is 94.8 Å². The fourth-order valence-electron chi connectivity index (χ4n) is 1.17. The summed E-state index contributed by atoms with van der Waals surface area (Å²) in [7, 11) is 0. The third-order valence-electron chi connectivity index (χ3n) is 1.85. The van der Waals surface area contributed by atoms with Crippen molar-refractivity contribution in [2.24, 2.45) is 0 Å². The van der Waals surface area contributed by atoms with Gasteiger partial charge in [-0.1, -0.05) is 11.6 Å². The number of furan rings is 1. The van der Waals surface area contributed by atoms with Gasteiger partial charge in [0.2, 0.25) is 0 Å². The monoisotopic (exact) mass is 271 g/mol. The Morgan fingerprint density at radius 3 is 2.57 bits per heavy atom. The van der Waals surface area contributed by atoms with Crippen molar-refractivity contribution >= 4 is 33.2 Å². The summed E-state index contributed by atoms with van der Waals surface area (Å²) in [6.45, 7) is 0. The van der Waals surface area contributed by atoms with Crippen LogP contribution in [0.2, 0.25) is 5.02 Å². The molecule has 0 bridgehead atoms. The number of nitrogen functional groups attached to an aromatic ring is 1. The van der Waals surface area contributed by atoms with Gasteiger partial charge in [0.05, 0.1) is 10.7 Å². The standard InChI is InChI=1S/C10H7BrClNO/c11-10-4-3-9(14-10)6-1-2-7(12)8(13)5-6/h1-5H,13H2. The molecule has 0 aliphatic heterocycles. The van der Waals surface area contributed by atoms with Crippen LogP contribution in [0.25, 0.3) is 11.3 Å². The highest BCUT2D eigenvalue weighted by Gasteiger charge is 2.04. The van der Waals surface area contributed by atoms with Crippen LogP contribution in [0.4, 0.5) is 5.69 Å². The van der Waals surface area contributed by atoms with Crippen molar-refractivity contribution in [2.75, 3.05) is 5.73 Å². The molecule has 1 aromatic carbocycles. The maximum Gasteiger partial charge on any atom is 0.169 e. The molecular weight excluding hydrogens is 265 g/mol. The summed E-state index contributed by atoms with van der Waals surface area (Å²) in [4.78, 5) is 0. The first kappa shape index (κ1) is 9.62. The Kier molecular flexibility index (Phi) is 2.52. The van der Waals surface area contributed by atoms with Gasteiger partial charge in [-0.2, -0.15) is 0 Å². The molecule has 0 aliphatic carbocycles. The SMILES string of the molecule is Nc1cc(-c2ccc(Br)o2)ccc1Cl. The molecule has 1 heterocycles. The third kappa shape index (κ3) is 1.79. The zero-order chi connectivity index (χ0) is 10.1. The molecule has 0 aliphatic rings. The lowest BCUT2D eigenvalue weighted by atomic mass is 10.1. The number of rotatable bonds is 1. The molecule has 72 valence electrons. The normalized spacial score (nSPS) is 10.4. The molecule has 2 nitrogen and oxygen atoms in total. The van der Waals surface area contributed by atoms with Crippen molar-refractivity contribution in [1.29, 1.82) is 0 Å². The molecule has 0 atom stereocenters. The largest absolute Gasteiger partial charge is 0.449 e. The van der Waals surface area contributed by atoms with Gasteiger partial charge in [-0.3, -0.25) is 0 Å². The molecule has 0 radical (unpaired) electrons. The topological polar surface area (TPSA) is 39.2 Å². The average molecular weight is 273 g/mol. The molecule has 14 heavy (non-hydrogen) atoms. The van der Waals surface area contributed by atoms with Crippen molar-refractivity contribution in [1.82, 2.24) is 0 Å². The van der Waals surface area contributed by atoms with Gasteiger partial charge in [-0.25, -0.2) is 0 Å². The van der Waals surface area contributed by atoms with Gasteiger partial charge in [0.25, 0.3) is 0 Å². The lowest BCUT2D eigenvalue weighted by molar-refractivity contribution is 0.556. The fourth-order valence-corrected chi connectivity index (χ4v) is 1.59. The Balaban J connectivity index is 2.47. The molecule has 0 unspecified atom stereocenters. The summed E-state index contributed by atoms with van der Waals surface area (Å²) in [6.07, 6.45) is 0. The first-order valence-corrected chi connectivity index (χ1v) is 5.14. The first-order chi connectivity index (χ1) is 6.66. The highest BCUT2D eigenvalue weighted by molar-refractivity contribution is 9.10. The van der Waals surface area contributed by atoms with E-state index in [1.807, 2.05) is 18.2 Å². The predicted molar refractivity (Wildman–Crippen MR) is 61.3 cm³/mol. The summed E-state index contributed by atoms with van der Waals surface area (Å²) < 4.78 is 6.08. The molecular formula is C10H7BrClNO. The Morgan fingerprint density at radius 1 is 1.21 bits per heavy atom. The van der Waals surface area contributed by atoms with Crippen molar-refractivity contribution in [3.05, 3.63) is 40.0 Å². The summed E-state index contributed by atoms with van der Waals surface area (Å²) in [5.41, 5.74) is 7.15. The lowest BCUT2D eigenvalue weighted by Crippen LogP contribution is -1.86. The molecule has 0 fully saturated rings. The van der Waals surface area contributed by atoms with E-state index in [2.05, 4.69) is 15.9 Å². The van der Waals surface area contributed by atoms with E-state index in [0.717, 1.165) is 11.3 Å². The van der Waals surface area contributed by atoms with E-state index >= 15 is 0 Å². The second-order valence-electron chi connectivity index (χ2n) is 2.84. The van der Waals surface area contributed by atoms with Crippen molar-refractivity contribution in [3.8, 4) is 11.3 Å². The zero-order valence-electron chi connectivity index (χ0n) is 7.13. The number of halogens is 2. The van der Waals surface area contributed by atoms with Crippen molar-refractivity contribution in [3.63, 3.8) is 0 Å². The van der Waals surface area contributed by atoms with Crippen LogP contribution in [-0.2, 0) is 0 Å². The van der Waals surface area contributed by atoms with E-state index < -0.39 is 0 Å². The Morgan fingerprint density at radius 2 is 2.00 bits per heavy atom. The Bertz CT molecular complexity index is 467. The number of nitrogens with two attached hydrogens (primary N) is 1. The van der Waals surface area contributed by atoms with Gasteiger partial charge in [0.15, 0.2) is 4.67 Å². The van der Waals surface area contributed by atoms with Crippen molar-refractivity contribution in [2.45, 2.75) is 0 Å². The van der Waals surface area contributed by atoms with Gasteiger partial charge in [-0.15, -0.1) is 0 Å². The summed E-state index contributed by atoms with van der Waals surface area (Å²) in [5.74, 6) is 0.764. The lowest BCUT2D eigenvalue weighted by Gasteiger charge is -2.00. The fraction of sp³-hybridized carbons (Fsp3) is 0. The molecule has 0 saturated heterocycles. The van der Waals surface area contributed by atoms with E-state index in [0.29, 0.717) is 15.4 Å². The van der Waals surface area contributed by atoms with Gasteiger partial charge < -0.3 is 10.2 Å². The van der Waals surface area contributed by atoms with Gasteiger partial charge in [0.1, 0.15) is 5.76 Å². The van der Waals surface area contributed by atoms with E-state index in [1.165, 1.54) is 0 Å². The van der Waals surface area contributed by atoms with Crippen LogP contribution in [0.15, 0.2) is 39.4 Å². The molecule has 0 spiro atoms. The molecule has 1 aromatic heterocycles. The molecule has 4 heteroatoms. The zero-order valence-corrected chi connectivity index (χ0v) is 9.47. The quantitative estimate of drug-likeness (QED) is 0.799. The van der Waals surface area contributed by atoms with E-state index in [-0.39, 0.29) is 0 Å². The Hall–Kier alpha value is -0.930. The number of benzene rings is 1. The van der Waals surface area contributed by atoms with Crippen LogP contribution >= 0.6 is 27.5 Å². The molecule has 2 rings (SSSR count). The summed E-state index contributed by atoms with van der Waals surface area (Å²) >= 11 is 9.05. The van der Waals surface area contributed by atoms with Crippen LogP contribution in [0.1, 0.15) is 0 Å². The second-order valence-corrected chi connectivity index (χ2v) is 4.03. The smallest absolute Gasteiger partial charge is 0.169 e. The van der Waals surface area contributed by atoms with Gasteiger partial charge in [-0.05, 0) is 46.3 Å². The number of anilines is 1. The van der Waals surface area contributed by atoms with Gasteiger partial charge in [0, 0.05) is 5.56 Å². The minimum absolute atomic E-state index is 0.552. The van der Waals surface area contributed by atoms with Crippen LogP contribution in [0.3, 0.4) is 0 Å². The third-order valence-corrected chi connectivity index (χ3v) is 2.62. The highest BCUT2D eigenvalue weighted by Crippen LogP contribution is 2.29. The van der Waals surface area contributed by atoms with Crippen molar-refractivity contribution < 1.29 is 4.42 Å². The number of hydrogen-bond acceptors (Lipinski definition) is 2. The predicted octanol–water partition coefficient (Wildman–Crippen LogP) is 3.94. The summed E-state index contributed by atoms with van der Waals surface area (Å²) in [5, 5.41) is 0.555. The second kappa shape index (κ2) is 3.67. The van der Waals surface area contributed by atoms with Crippen LogP contribution < -0.4 is 5.73 Å². The minimum Gasteiger partial charge on any atom is -0.449 e. The maximum atomic E-state index is 5.81. The maximum absolute atomic E-state index is 5.81. The molecule has 0 saturated carbocycles. The first-order valence-electron chi connectivity index (χ1n) is 3.97. The molecule has 2 aromatic rings. The van der Waals surface area contributed by atoms with Crippen LogP contribution in [0.5, 0.6) is 0 Å². The highest BCUT2D eigenvalue weighted by atomic mass is 79.9.